The van der Waals surface area contributed by atoms with Gasteiger partial charge in [-0.2, -0.15) is 0 Å². The number of thiophene rings is 1. The van der Waals surface area contributed by atoms with E-state index in [9.17, 15) is 4.79 Å². The van der Waals surface area contributed by atoms with E-state index in [0.717, 1.165) is 82.8 Å². The van der Waals surface area contributed by atoms with Crippen LogP contribution in [0.3, 0.4) is 0 Å². The second-order valence-corrected chi connectivity index (χ2v) is 9.46. The van der Waals surface area contributed by atoms with Gasteiger partial charge in [0.15, 0.2) is 5.82 Å². The lowest BCUT2D eigenvalue weighted by Gasteiger charge is -2.27. The fourth-order valence-electron chi connectivity index (χ4n) is 4.02. The average molecular weight is 440 g/mol. The van der Waals surface area contributed by atoms with Crippen molar-refractivity contribution in [2.75, 3.05) is 13.1 Å². The molecule has 2 aliphatic rings. The Hall–Kier alpha value is -2.35. The second kappa shape index (κ2) is 8.41. The summed E-state index contributed by atoms with van der Waals surface area (Å²) in [5.41, 5.74) is 4.67. The molecular weight excluding hydrogens is 418 g/mol. The predicted molar refractivity (Wildman–Crippen MR) is 120 cm³/mol. The molecule has 154 valence electrons. The highest BCUT2D eigenvalue weighted by molar-refractivity contribution is 7.19. The van der Waals surface area contributed by atoms with Crippen molar-refractivity contribution in [1.29, 1.82) is 0 Å². The van der Waals surface area contributed by atoms with Crippen LogP contribution >= 0.6 is 22.9 Å². The third kappa shape index (κ3) is 4.10. The minimum Gasteiger partial charge on any atom is -0.305 e. The first-order valence-electron chi connectivity index (χ1n) is 10.2. The zero-order valence-corrected chi connectivity index (χ0v) is 18.1. The molecule has 0 atom stereocenters. The van der Waals surface area contributed by atoms with Gasteiger partial charge in [-0.15, -0.1) is 11.3 Å². The molecule has 2 aliphatic heterocycles. The number of halogens is 1. The van der Waals surface area contributed by atoms with Crippen LogP contribution in [0, 0.1) is 0 Å². The van der Waals surface area contributed by atoms with Crippen LogP contribution < -0.4 is 5.56 Å². The van der Waals surface area contributed by atoms with Crippen LogP contribution in [0.1, 0.15) is 41.9 Å². The Morgan fingerprint density at radius 3 is 2.83 bits per heavy atom. The van der Waals surface area contributed by atoms with Gasteiger partial charge in [0.2, 0.25) is 0 Å². The van der Waals surface area contributed by atoms with Crippen molar-refractivity contribution in [2.45, 2.75) is 38.8 Å². The molecule has 0 radical (unpaired) electrons. The first-order chi connectivity index (χ1) is 14.7. The molecule has 30 heavy (non-hydrogen) atoms. The van der Waals surface area contributed by atoms with E-state index in [0.29, 0.717) is 12.4 Å². The lowest BCUT2D eigenvalue weighted by molar-refractivity contribution is 0.241. The van der Waals surface area contributed by atoms with E-state index in [1.807, 2.05) is 24.4 Å². The molecule has 5 rings (SSSR count). The van der Waals surface area contributed by atoms with Crippen LogP contribution in [0.2, 0.25) is 4.34 Å². The summed E-state index contributed by atoms with van der Waals surface area (Å²) in [4.78, 5) is 32.9. The number of rotatable bonds is 4. The molecule has 6 nitrogen and oxygen atoms in total. The van der Waals surface area contributed by atoms with Crippen molar-refractivity contribution in [3.63, 3.8) is 0 Å². The number of nitrogens with one attached hydrogen (secondary N) is 1. The summed E-state index contributed by atoms with van der Waals surface area (Å²) in [6, 6.07) is 8.00. The Kier molecular flexibility index (Phi) is 5.50. The first kappa shape index (κ1) is 19.6. The number of H-pyrrole nitrogens is 1. The number of hydrogen-bond donors (Lipinski definition) is 1. The topological polar surface area (TPSA) is 74.2 Å². The predicted octanol–water partition coefficient (Wildman–Crippen LogP) is 4.08. The molecule has 0 aliphatic carbocycles. The van der Waals surface area contributed by atoms with Gasteiger partial charge >= 0.3 is 0 Å². The number of hydrogen-bond acceptors (Lipinski definition) is 6. The van der Waals surface area contributed by atoms with E-state index in [1.165, 1.54) is 11.3 Å². The van der Waals surface area contributed by atoms with Gasteiger partial charge in [-0.3, -0.25) is 19.7 Å². The number of fused-ring (bicyclic) bond motifs is 1. The van der Waals surface area contributed by atoms with Gasteiger partial charge in [0.05, 0.1) is 31.9 Å². The van der Waals surface area contributed by atoms with Gasteiger partial charge < -0.3 is 4.98 Å². The van der Waals surface area contributed by atoms with Crippen LogP contribution in [0.25, 0.3) is 10.6 Å². The van der Waals surface area contributed by atoms with Crippen molar-refractivity contribution in [3.05, 3.63) is 67.8 Å². The molecule has 0 saturated heterocycles. The molecule has 0 amide bonds. The van der Waals surface area contributed by atoms with Gasteiger partial charge in [0.1, 0.15) is 0 Å². The number of nitrogens with zero attached hydrogens (tertiary/aromatic N) is 4. The summed E-state index contributed by atoms with van der Waals surface area (Å²) >= 11 is 7.55. The molecule has 8 heteroatoms. The molecule has 0 aromatic carbocycles. The molecular formula is C22H22ClN5OS. The molecule has 5 heterocycles. The van der Waals surface area contributed by atoms with Crippen molar-refractivity contribution < 1.29 is 0 Å². The normalized spacial score (nSPS) is 16.9. The van der Waals surface area contributed by atoms with E-state index in [2.05, 4.69) is 25.9 Å². The van der Waals surface area contributed by atoms with E-state index in [4.69, 9.17) is 16.6 Å². The Labute approximate surface area is 183 Å². The summed E-state index contributed by atoms with van der Waals surface area (Å²) < 4.78 is 0.764. The quantitative estimate of drug-likeness (QED) is 0.664. The van der Waals surface area contributed by atoms with Crippen LogP contribution in [-0.4, -0.2) is 38.7 Å². The number of aromatic amines is 1. The highest BCUT2D eigenvalue weighted by atomic mass is 35.5. The highest BCUT2D eigenvalue weighted by Gasteiger charge is 2.23. The van der Waals surface area contributed by atoms with E-state index < -0.39 is 0 Å². The molecule has 0 bridgehead atoms. The maximum Gasteiger partial charge on any atom is 0.255 e. The van der Waals surface area contributed by atoms with Crippen molar-refractivity contribution in [1.82, 2.24) is 19.9 Å². The Morgan fingerprint density at radius 1 is 1.17 bits per heavy atom. The Morgan fingerprint density at radius 2 is 2.10 bits per heavy atom. The largest absolute Gasteiger partial charge is 0.305 e. The van der Waals surface area contributed by atoms with Crippen molar-refractivity contribution >= 4 is 28.6 Å². The van der Waals surface area contributed by atoms with Crippen molar-refractivity contribution in [2.24, 2.45) is 4.99 Å². The second-order valence-electron chi connectivity index (χ2n) is 7.74. The van der Waals surface area contributed by atoms with Crippen LogP contribution in [0.4, 0.5) is 0 Å². The Bertz CT molecular complexity index is 1150. The van der Waals surface area contributed by atoms with Gasteiger partial charge in [-0.25, -0.2) is 4.98 Å². The van der Waals surface area contributed by atoms with Gasteiger partial charge in [0.25, 0.3) is 5.56 Å². The number of aromatic nitrogens is 3. The number of aliphatic imine (C=N–C) groups is 1. The summed E-state index contributed by atoms with van der Waals surface area (Å²) in [6.07, 6.45) is 5.81. The minimum atomic E-state index is -0.0315. The van der Waals surface area contributed by atoms with E-state index in [-0.39, 0.29) is 5.56 Å². The first-order valence-corrected chi connectivity index (χ1v) is 11.4. The lowest BCUT2D eigenvalue weighted by atomic mass is 10.0. The zero-order chi connectivity index (χ0) is 20.5. The van der Waals surface area contributed by atoms with Crippen LogP contribution in [0.5, 0.6) is 0 Å². The molecule has 3 aromatic rings. The molecule has 0 unspecified atom stereocenters. The lowest BCUT2D eigenvalue weighted by Crippen LogP contribution is -2.36. The molecule has 0 spiro atoms. The van der Waals surface area contributed by atoms with Crippen LogP contribution in [-0.2, 0) is 19.5 Å². The maximum atomic E-state index is 12.7. The molecule has 0 saturated carbocycles. The highest BCUT2D eigenvalue weighted by Crippen LogP contribution is 2.29. The standard InChI is InChI=1S/C22H22ClN5OS/c23-20-7-6-19(30-20)17-5-4-14(11-25-17)12-28-10-8-16-15(13-28)22(29)27-21(26-16)18-3-1-2-9-24-18/h4-7,11H,1-3,8-10,12-13H2,(H,26,27,29). The van der Waals surface area contributed by atoms with Gasteiger partial charge in [-0.1, -0.05) is 17.7 Å². The third-order valence-corrected chi connectivity index (χ3v) is 6.86. The van der Waals surface area contributed by atoms with Crippen molar-refractivity contribution in [3.8, 4) is 10.6 Å². The average Bonchev–Trinajstić information content (AvgIpc) is 3.21. The van der Waals surface area contributed by atoms with E-state index in [1.54, 1.807) is 0 Å². The molecule has 1 N–H and O–H groups in total. The SMILES string of the molecule is O=c1[nH]c(C2=NCCCC2)nc2c1CN(Cc1ccc(-c3ccc(Cl)s3)nc1)CC2. The molecule has 3 aromatic heterocycles. The van der Waals surface area contributed by atoms with E-state index >= 15 is 0 Å². The van der Waals surface area contributed by atoms with Gasteiger partial charge in [-0.05, 0) is 43.0 Å². The Balaban J connectivity index is 1.30. The van der Waals surface area contributed by atoms with Crippen LogP contribution in [0.15, 0.2) is 40.2 Å². The molecule has 0 fully saturated rings. The number of pyridine rings is 1. The fourth-order valence-corrected chi connectivity index (χ4v) is 5.04. The summed E-state index contributed by atoms with van der Waals surface area (Å²) in [5, 5.41) is 0. The summed E-state index contributed by atoms with van der Waals surface area (Å²) in [7, 11) is 0. The third-order valence-electron chi connectivity index (χ3n) is 5.60. The zero-order valence-electron chi connectivity index (χ0n) is 16.5. The summed E-state index contributed by atoms with van der Waals surface area (Å²) in [6.45, 7) is 3.06. The monoisotopic (exact) mass is 439 g/mol. The minimum absolute atomic E-state index is 0.0315. The summed E-state index contributed by atoms with van der Waals surface area (Å²) in [5.74, 6) is 0.667. The maximum absolute atomic E-state index is 12.7. The smallest absolute Gasteiger partial charge is 0.255 e. The van der Waals surface area contributed by atoms with Gasteiger partial charge in [0, 0.05) is 38.8 Å². The fraction of sp³-hybridized carbons (Fsp3) is 0.364.